The number of nitrogens with zero attached hydrogens (tertiary/aromatic N) is 2. The van der Waals surface area contributed by atoms with Crippen molar-refractivity contribution in [2.45, 2.75) is 6.92 Å². The Labute approximate surface area is 131 Å². The van der Waals surface area contributed by atoms with Crippen LogP contribution in [-0.4, -0.2) is 29.9 Å². The number of halogens is 1. The van der Waals surface area contributed by atoms with Gasteiger partial charge in [-0.25, -0.2) is 9.37 Å². The summed E-state index contributed by atoms with van der Waals surface area (Å²) in [6.07, 6.45) is 0. The second-order valence-electron chi connectivity index (χ2n) is 5.09. The van der Waals surface area contributed by atoms with Gasteiger partial charge in [-0.1, -0.05) is 6.07 Å². The van der Waals surface area contributed by atoms with Gasteiger partial charge in [0, 0.05) is 11.8 Å². The van der Waals surface area contributed by atoms with Gasteiger partial charge in [-0.05, 0) is 31.2 Å². The largest absolute Gasteiger partial charge is 0.482 e. The maximum atomic E-state index is 13.4. The summed E-state index contributed by atoms with van der Waals surface area (Å²) in [7, 11) is 0. The van der Waals surface area contributed by atoms with Crippen LogP contribution in [0.3, 0.4) is 0 Å². The van der Waals surface area contributed by atoms with E-state index in [2.05, 4.69) is 10.3 Å². The number of aryl methyl sites for hydroxylation is 1. The average Bonchev–Trinajstić information content (AvgIpc) is 2.50. The van der Waals surface area contributed by atoms with Gasteiger partial charge >= 0.3 is 0 Å². The molecule has 0 radical (unpaired) electrons. The van der Waals surface area contributed by atoms with E-state index >= 15 is 0 Å². The van der Waals surface area contributed by atoms with Gasteiger partial charge in [0.1, 0.15) is 23.9 Å². The van der Waals surface area contributed by atoms with Gasteiger partial charge in [0.15, 0.2) is 6.61 Å². The van der Waals surface area contributed by atoms with Crippen LogP contribution in [0.15, 0.2) is 36.4 Å². The third-order valence-electron chi connectivity index (χ3n) is 3.32. The molecule has 1 aromatic heterocycles. The number of anilines is 2. The van der Waals surface area contributed by atoms with Crippen LogP contribution >= 0.6 is 0 Å². The zero-order valence-corrected chi connectivity index (χ0v) is 12.4. The average molecular weight is 315 g/mol. The number of rotatable bonds is 3. The fraction of sp³-hybridized carbons (Fsp3) is 0.188. The summed E-state index contributed by atoms with van der Waals surface area (Å²) in [6.45, 7) is 1.38. The zero-order chi connectivity index (χ0) is 16.4. The van der Waals surface area contributed by atoms with E-state index in [0.29, 0.717) is 11.6 Å². The van der Waals surface area contributed by atoms with Crippen molar-refractivity contribution in [3.05, 3.63) is 47.9 Å². The summed E-state index contributed by atoms with van der Waals surface area (Å²) in [5.41, 5.74) is 1.01. The molecule has 0 atom stereocenters. The summed E-state index contributed by atoms with van der Waals surface area (Å²) in [5, 5.41) is 2.62. The Balaban J connectivity index is 1.78. The van der Waals surface area contributed by atoms with Gasteiger partial charge < -0.3 is 10.1 Å². The molecule has 0 aliphatic carbocycles. The molecule has 0 fully saturated rings. The monoisotopic (exact) mass is 315 g/mol. The van der Waals surface area contributed by atoms with Crippen LogP contribution in [0.5, 0.6) is 5.75 Å². The Morgan fingerprint density at radius 3 is 3.00 bits per heavy atom. The van der Waals surface area contributed by atoms with Crippen LogP contribution in [0, 0.1) is 12.7 Å². The molecular weight excluding hydrogens is 301 g/mol. The first-order valence-corrected chi connectivity index (χ1v) is 6.99. The standard InChI is InChI=1S/C16H14FN3O3/c1-10-3-2-4-14(18-10)19-15(21)8-20-12-7-11(17)5-6-13(12)23-9-16(20)22/h2-7H,8-9H2,1H3,(H,18,19,21). The molecule has 2 aromatic rings. The van der Waals surface area contributed by atoms with Crippen molar-refractivity contribution in [3.63, 3.8) is 0 Å². The minimum atomic E-state index is -0.507. The van der Waals surface area contributed by atoms with Gasteiger partial charge in [0.25, 0.3) is 5.91 Å². The third kappa shape index (κ3) is 3.28. The Kier molecular flexibility index (Phi) is 3.92. The zero-order valence-electron chi connectivity index (χ0n) is 12.4. The number of ether oxygens (including phenoxy) is 1. The number of benzene rings is 1. The van der Waals surface area contributed by atoms with E-state index in [1.807, 2.05) is 0 Å². The van der Waals surface area contributed by atoms with Crippen molar-refractivity contribution in [2.75, 3.05) is 23.4 Å². The Morgan fingerprint density at radius 2 is 2.22 bits per heavy atom. The fourth-order valence-electron chi connectivity index (χ4n) is 2.29. The molecular formula is C16H14FN3O3. The third-order valence-corrected chi connectivity index (χ3v) is 3.32. The van der Waals surface area contributed by atoms with Gasteiger partial charge in [-0.2, -0.15) is 0 Å². The van der Waals surface area contributed by atoms with E-state index in [0.717, 1.165) is 5.69 Å². The van der Waals surface area contributed by atoms with Gasteiger partial charge in [-0.3, -0.25) is 14.5 Å². The highest BCUT2D eigenvalue weighted by Crippen LogP contribution is 2.32. The number of hydrogen-bond donors (Lipinski definition) is 1. The Bertz CT molecular complexity index is 779. The Hall–Kier alpha value is -2.96. The number of nitrogens with one attached hydrogen (secondary N) is 1. The fourth-order valence-corrected chi connectivity index (χ4v) is 2.29. The first-order chi connectivity index (χ1) is 11.0. The lowest BCUT2D eigenvalue weighted by Crippen LogP contribution is -2.43. The van der Waals surface area contributed by atoms with E-state index in [-0.39, 0.29) is 18.8 Å². The van der Waals surface area contributed by atoms with Crippen LogP contribution in [-0.2, 0) is 9.59 Å². The molecule has 23 heavy (non-hydrogen) atoms. The second-order valence-corrected chi connectivity index (χ2v) is 5.09. The molecule has 2 amide bonds. The second kappa shape index (κ2) is 6.04. The first-order valence-electron chi connectivity index (χ1n) is 6.99. The molecule has 0 saturated heterocycles. The van der Waals surface area contributed by atoms with Crippen molar-refractivity contribution < 1.29 is 18.7 Å². The summed E-state index contributed by atoms with van der Waals surface area (Å²) >= 11 is 0. The molecule has 1 aliphatic heterocycles. The molecule has 6 nitrogen and oxygen atoms in total. The van der Waals surface area contributed by atoms with E-state index in [1.54, 1.807) is 25.1 Å². The van der Waals surface area contributed by atoms with Crippen molar-refractivity contribution in [1.82, 2.24) is 4.98 Å². The number of aromatic nitrogens is 1. The normalized spacial score (nSPS) is 13.3. The maximum Gasteiger partial charge on any atom is 0.265 e. The van der Waals surface area contributed by atoms with E-state index in [9.17, 15) is 14.0 Å². The van der Waals surface area contributed by atoms with E-state index in [1.165, 1.54) is 23.1 Å². The highest BCUT2D eigenvalue weighted by Gasteiger charge is 2.27. The molecule has 2 heterocycles. The first kappa shape index (κ1) is 15.0. The summed E-state index contributed by atoms with van der Waals surface area (Å²) < 4.78 is 18.7. The van der Waals surface area contributed by atoms with Gasteiger partial charge in [-0.15, -0.1) is 0 Å². The summed E-state index contributed by atoms with van der Waals surface area (Å²) in [4.78, 5) is 29.5. The molecule has 118 valence electrons. The van der Waals surface area contributed by atoms with E-state index < -0.39 is 17.6 Å². The number of amides is 2. The minimum Gasteiger partial charge on any atom is -0.482 e. The molecule has 0 bridgehead atoms. The SMILES string of the molecule is Cc1cccc(NC(=O)CN2C(=O)COc3ccc(F)cc32)n1. The van der Waals surface area contributed by atoms with Crippen LogP contribution < -0.4 is 15.0 Å². The molecule has 3 rings (SSSR count). The topological polar surface area (TPSA) is 71.5 Å². The van der Waals surface area contributed by atoms with Crippen LogP contribution in [0.1, 0.15) is 5.69 Å². The number of fused-ring (bicyclic) bond motifs is 1. The predicted octanol–water partition coefficient (Wildman–Crippen LogP) is 1.89. The smallest absolute Gasteiger partial charge is 0.265 e. The lowest BCUT2D eigenvalue weighted by molar-refractivity contribution is -0.123. The molecule has 0 unspecified atom stereocenters. The highest BCUT2D eigenvalue weighted by atomic mass is 19.1. The molecule has 7 heteroatoms. The van der Waals surface area contributed by atoms with Crippen molar-refractivity contribution in [2.24, 2.45) is 0 Å². The number of carbonyl (C=O) groups is 2. The lowest BCUT2D eigenvalue weighted by atomic mass is 10.2. The van der Waals surface area contributed by atoms with Crippen molar-refractivity contribution >= 4 is 23.3 Å². The van der Waals surface area contributed by atoms with Crippen molar-refractivity contribution in [3.8, 4) is 5.75 Å². The van der Waals surface area contributed by atoms with Gasteiger partial charge in [0.05, 0.1) is 5.69 Å². The minimum absolute atomic E-state index is 0.186. The quantitative estimate of drug-likeness (QED) is 0.939. The molecule has 0 spiro atoms. The summed E-state index contributed by atoms with van der Waals surface area (Å²) in [5.74, 6) is -0.570. The predicted molar refractivity (Wildman–Crippen MR) is 81.9 cm³/mol. The van der Waals surface area contributed by atoms with Gasteiger partial charge in [0.2, 0.25) is 5.91 Å². The van der Waals surface area contributed by atoms with Crippen LogP contribution in [0.25, 0.3) is 0 Å². The summed E-state index contributed by atoms with van der Waals surface area (Å²) in [6, 6.07) is 9.07. The Morgan fingerprint density at radius 1 is 1.39 bits per heavy atom. The van der Waals surface area contributed by atoms with Crippen LogP contribution in [0.2, 0.25) is 0 Å². The number of pyridine rings is 1. The molecule has 1 N–H and O–H groups in total. The van der Waals surface area contributed by atoms with E-state index in [4.69, 9.17) is 4.74 Å². The van der Waals surface area contributed by atoms with Crippen molar-refractivity contribution in [1.29, 1.82) is 0 Å². The number of carbonyl (C=O) groups excluding carboxylic acids is 2. The highest BCUT2D eigenvalue weighted by molar-refractivity contribution is 6.04. The molecule has 1 aromatic carbocycles. The molecule has 1 aliphatic rings. The molecule has 0 saturated carbocycles. The van der Waals surface area contributed by atoms with Crippen LogP contribution in [0.4, 0.5) is 15.9 Å². The maximum absolute atomic E-state index is 13.4. The number of hydrogen-bond acceptors (Lipinski definition) is 4. The lowest BCUT2D eigenvalue weighted by Gasteiger charge is -2.28.